The molecule has 0 aromatic rings. The molecule has 2 N–H and O–H groups in total. The Labute approximate surface area is 127 Å². The molecule has 0 aliphatic carbocycles. The molecule has 2 unspecified atom stereocenters. The van der Waals surface area contributed by atoms with E-state index in [4.69, 9.17) is 4.74 Å². The summed E-state index contributed by atoms with van der Waals surface area (Å²) in [7, 11) is -3.82. The van der Waals surface area contributed by atoms with Gasteiger partial charge in [0.1, 0.15) is 0 Å². The van der Waals surface area contributed by atoms with E-state index in [0.29, 0.717) is 19.1 Å². The van der Waals surface area contributed by atoms with E-state index in [-0.39, 0.29) is 12.0 Å². The molecular weight excluding hydrogens is 294 g/mol. The van der Waals surface area contributed by atoms with E-state index in [1.54, 1.807) is 13.8 Å². The summed E-state index contributed by atoms with van der Waals surface area (Å²) >= 11 is 0. The van der Waals surface area contributed by atoms with Crippen molar-refractivity contribution in [2.24, 2.45) is 5.92 Å². The number of carbonyl (C=O) groups is 1. The van der Waals surface area contributed by atoms with Gasteiger partial charge in [-0.05, 0) is 39.2 Å². The van der Waals surface area contributed by atoms with Gasteiger partial charge >= 0.3 is 16.3 Å². The molecule has 1 fully saturated rings. The first kappa shape index (κ1) is 18.2. The van der Waals surface area contributed by atoms with Gasteiger partial charge in [0.2, 0.25) is 0 Å². The molecule has 1 saturated heterocycles. The zero-order chi connectivity index (χ0) is 16.0. The molecule has 0 aromatic carbocycles. The molecule has 0 aromatic heterocycles. The minimum Gasteiger partial charge on any atom is -0.446 e. The SMILES string of the molecule is CCCNC1CCN(S(=O)(=O)NC(=O)OC(C)C)CC1C. The van der Waals surface area contributed by atoms with Gasteiger partial charge in [0, 0.05) is 19.1 Å². The number of hydrogen-bond acceptors (Lipinski definition) is 5. The van der Waals surface area contributed by atoms with Gasteiger partial charge in [-0.25, -0.2) is 9.52 Å². The molecule has 1 amide bonds. The summed E-state index contributed by atoms with van der Waals surface area (Å²) in [5.74, 6) is 0.197. The Morgan fingerprint density at radius 1 is 1.43 bits per heavy atom. The Morgan fingerprint density at radius 3 is 2.62 bits per heavy atom. The molecule has 1 rings (SSSR count). The van der Waals surface area contributed by atoms with E-state index in [1.807, 2.05) is 11.6 Å². The van der Waals surface area contributed by atoms with Crippen LogP contribution in [0.15, 0.2) is 0 Å². The summed E-state index contributed by atoms with van der Waals surface area (Å²) in [6, 6.07) is 0.319. The summed E-state index contributed by atoms with van der Waals surface area (Å²) in [6.07, 6.45) is 0.502. The largest absolute Gasteiger partial charge is 0.446 e. The highest BCUT2D eigenvalue weighted by molar-refractivity contribution is 7.87. The van der Waals surface area contributed by atoms with Crippen molar-refractivity contribution in [1.29, 1.82) is 0 Å². The van der Waals surface area contributed by atoms with Crippen molar-refractivity contribution >= 4 is 16.3 Å². The smallest absolute Gasteiger partial charge is 0.422 e. The van der Waals surface area contributed by atoms with E-state index in [9.17, 15) is 13.2 Å². The first-order valence-corrected chi connectivity index (χ1v) is 8.92. The average Bonchev–Trinajstić information content (AvgIpc) is 2.35. The third kappa shape index (κ3) is 5.80. The minimum absolute atomic E-state index is 0.197. The highest BCUT2D eigenvalue weighted by Crippen LogP contribution is 2.19. The van der Waals surface area contributed by atoms with Crippen LogP contribution in [0.2, 0.25) is 0 Å². The molecule has 0 radical (unpaired) electrons. The maximum Gasteiger partial charge on any atom is 0.422 e. The molecule has 0 saturated carbocycles. The fourth-order valence-corrected chi connectivity index (χ4v) is 3.53. The zero-order valence-electron chi connectivity index (χ0n) is 13.3. The molecule has 0 bridgehead atoms. The van der Waals surface area contributed by atoms with Gasteiger partial charge in [-0.2, -0.15) is 12.7 Å². The molecule has 1 aliphatic heterocycles. The second-order valence-electron chi connectivity index (χ2n) is 5.75. The summed E-state index contributed by atoms with van der Waals surface area (Å²) in [5, 5.41) is 3.43. The Kier molecular flexibility index (Phi) is 6.89. The minimum atomic E-state index is -3.82. The standard InChI is InChI=1S/C13H27N3O4S/c1-5-7-14-12-6-8-16(9-11(12)4)21(18,19)15-13(17)20-10(2)3/h10-12,14H,5-9H2,1-4H3,(H,15,17). The lowest BCUT2D eigenvalue weighted by Gasteiger charge is -2.36. The Balaban J connectivity index is 2.56. The highest BCUT2D eigenvalue weighted by atomic mass is 32.2. The predicted molar refractivity (Wildman–Crippen MR) is 81.1 cm³/mol. The van der Waals surface area contributed by atoms with Crippen LogP contribution in [0.4, 0.5) is 4.79 Å². The van der Waals surface area contributed by atoms with Crippen LogP contribution in [0.3, 0.4) is 0 Å². The van der Waals surface area contributed by atoms with Gasteiger partial charge in [0.25, 0.3) is 0 Å². The molecule has 8 heteroatoms. The number of piperidine rings is 1. The molecule has 7 nitrogen and oxygen atoms in total. The van der Waals surface area contributed by atoms with Crippen molar-refractivity contribution in [3.05, 3.63) is 0 Å². The number of ether oxygens (including phenoxy) is 1. The zero-order valence-corrected chi connectivity index (χ0v) is 14.1. The van der Waals surface area contributed by atoms with Gasteiger partial charge < -0.3 is 10.1 Å². The van der Waals surface area contributed by atoms with Crippen molar-refractivity contribution in [3.63, 3.8) is 0 Å². The number of nitrogens with one attached hydrogen (secondary N) is 2. The van der Waals surface area contributed by atoms with Crippen LogP contribution in [0, 0.1) is 5.92 Å². The number of amides is 1. The Bertz CT molecular complexity index is 439. The van der Waals surface area contributed by atoms with E-state index in [1.165, 1.54) is 4.31 Å². The third-order valence-electron chi connectivity index (χ3n) is 3.42. The fraction of sp³-hybridized carbons (Fsp3) is 0.923. The summed E-state index contributed by atoms with van der Waals surface area (Å²) < 4.78 is 32.3. The van der Waals surface area contributed by atoms with E-state index in [2.05, 4.69) is 12.2 Å². The van der Waals surface area contributed by atoms with Crippen molar-refractivity contribution in [2.75, 3.05) is 19.6 Å². The van der Waals surface area contributed by atoms with Crippen molar-refractivity contribution in [3.8, 4) is 0 Å². The quantitative estimate of drug-likeness (QED) is 0.764. The second-order valence-corrected chi connectivity index (χ2v) is 7.42. The highest BCUT2D eigenvalue weighted by Gasteiger charge is 2.33. The van der Waals surface area contributed by atoms with Crippen LogP contribution in [-0.4, -0.2) is 50.6 Å². The topological polar surface area (TPSA) is 87.7 Å². The number of carbonyl (C=O) groups excluding carboxylic acids is 1. The lowest BCUT2D eigenvalue weighted by molar-refractivity contribution is 0.120. The lowest BCUT2D eigenvalue weighted by Crippen LogP contribution is -2.53. The third-order valence-corrected chi connectivity index (χ3v) is 4.86. The van der Waals surface area contributed by atoms with Crippen LogP contribution >= 0.6 is 0 Å². The molecule has 2 atom stereocenters. The van der Waals surface area contributed by atoms with E-state index < -0.39 is 16.3 Å². The summed E-state index contributed by atoms with van der Waals surface area (Å²) in [6.45, 7) is 9.17. The van der Waals surface area contributed by atoms with Crippen LogP contribution in [-0.2, 0) is 14.9 Å². The maximum absolute atomic E-state index is 12.1. The number of hydrogen-bond donors (Lipinski definition) is 2. The van der Waals surface area contributed by atoms with Crippen LogP contribution in [0.1, 0.15) is 40.5 Å². The molecule has 124 valence electrons. The molecular formula is C13H27N3O4S. The number of rotatable bonds is 6. The van der Waals surface area contributed by atoms with E-state index in [0.717, 1.165) is 19.4 Å². The van der Waals surface area contributed by atoms with Crippen molar-refractivity contribution in [2.45, 2.75) is 52.7 Å². The van der Waals surface area contributed by atoms with Gasteiger partial charge in [0.15, 0.2) is 0 Å². The second kappa shape index (κ2) is 7.95. The van der Waals surface area contributed by atoms with Gasteiger partial charge in [-0.3, -0.25) is 0 Å². The monoisotopic (exact) mass is 321 g/mol. The maximum atomic E-state index is 12.1. The number of nitrogens with zero attached hydrogens (tertiary/aromatic N) is 1. The van der Waals surface area contributed by atoms with Crippen LogP contribution in [0.5, 0.6) is 0 Å². The first-order chi connectivity index (χ1) is 9.76. The van der Waals surface area contributed by atoms with Gasteiger partial charge in [-0.15, -0.1) is 0 Å². The van der Waals surface area contributed by atoms with Crippen molar-refractivity contribution < 1.29 is 17.9 Å². The Hall–Kier alpha value is -0.860. The molecule has 21 heavy (non-hydrogen) atoms. The van der Waals surface area contributed by atoms with E-state index >= 15 is 0 Å². The lowest BCUT2D eigenvalue weighted by atomic mass is 9.95. The van der Waals surface area contributed by atoms with Gasteiger partial charge in [0.05, 0.1) is 6.10 Å². The van der Waals surface area contributed by atoms with Crippen LogP contribution < -0.4 is 10.0 Å². The van der Waals surface area contributed by atoms with Gasteiger partial charge in [-0.1, -0.05) is 13.8 Å². The van der Waals surface area contributed by atoms with Crippen LogP contribution in [0.25, 0.3) is 0 Å². The molecule has 0 spiro atoms. The van der Waals surface area contributed by atoms with Crippen molar-refractivity contribution in [1.82, 2.24) is 14.3 Å². The fourth-order valence-electron chi connectivity index (χ4n) is 2.37. The summed E-state index contributed by atoms with van der Waals surface area (Å²) in [4.78, 5) is 11.4. The Morgan fingerprint density at radius 2 is 2.10 bits per heavy atom. The molecule has 1 aliphatic rings. The summed E-state index contributed by atoms with van der Waals surface area (Å²) in [5.41, 5.74) is 0. The average molecular weight is 321 g/mol. The molecule has 1 heterocycles. The predicted octanol–water partition coefficient (Wildman–Crippen LogP) is 1.08. The first-order valence-electron chi connectivity index (χ1n) is 7.48. The normalized spacial score (nSPS) is 24.0.